The number of hydrogen-bond acceptors (Lipinski definition) is 2. The highest BCUT2D eigenvalue weighted by atomic mass is 35.5. The van der Waals surface area contributed by atoms with E-state index < -0.39 is 0 Å². The molecule has 0 aliphatic rings. The lowest BCUT2D eigenvalue weighted by atomic mass is 10.4. The van der Waals surface area contributed by atoms with E-state index in [4.69, 9.17) is 11.6 Å². The molecule has 1 aromatic heterocycles. The molecule has 0 aliphatic heterocycles. The van der Waals surface area contributed by atoms with Crippen molar-refractivity contribution in [3.63, 3.8) is 0 Å². The molecule has 4 heteroatoms. The lowest BCUT2D eigenvalue weighted by Crippen LogP contribution is -1.88. The number of halogens is 2. The molecule has 0 radical (unpaired) electrons. The zero-order valence-corrected chi connectivity index (χ0v) is 7.11. The molecule has 0 fully saturated rings. The third kappa shape index (κ3) is 2.50. The fourth-order valence-corrected chi connectivity index (χ4v) is 0.709. The Labute approximate surface area is 71.1 Å². The van der Waals surface area contributed by atoms with Gasteiger partial charge in [0.25, 0.3) is 0 Å². The molecule has 56 valence electrons. The summed E-state index contributed by atoms with van der Waals surface area (Å²) in [7, 11) is 0. The van der Waals surface area contributed by atoms with Crippen molar-refractivity contribution in [2.45, 2.75) is 12.8 Å². The van der Waals surface area contributed by atoms with Crippen LogP contribution in [0, 0.1) is 6.92 Å². The Morgan fingerprint density at radius 1 is 1.50 bits per heavy atom. The van der Waals surface area contributed by atoms with Crippen LogP contribution in [0.5, 0.6) is 0 Å². The molecule has 0 saturated carbocycles. The minimum Gasteiger partial charge on any atom is -0.261 e. The van der Waals surface area contributed by atoms with E-state index >= 15 is 0 Å². The molecule has 2 nitrogen and oxygen atoms in total. The quantitative estimate of drug-likeness (QED) is 0.615. The summed E-state index contributed by atoms with van der Waals surface area (Å²) < 4.78 is 0. The zero-order valence-electron chi connectivity index (χ0n) is 5.54. The molecule has 0 saturated heterocycles. The van der Waals surface area contributed by atoms with Crippen LogP contribution < -0.4 is 0 Å². The van der Waals surface area contributed by atoms with Gasteiger partial charge in [0, 0.05) is 12.4 Å². The van der Waals surface area contributed by atoms with Crippen molar-refractivity contribution < 1.29 is 0 Å². The van der Waals surface area contributed by atoms with Gasteiger partial charge in [0.05, 0.1) is 17.3 Å². The van der Waals surface area contributed by atoms with Crippen molar-refractivity contribution >= 4 is 24.0 Å². The smallest absolute Gasteiger partial charge is 0.0737 e. The van der Waals surface area contributed by atoms with Crippen LogP contribution >= 0.6 is 24.0 Å². The van der Waals surface area contributed by atoms with Crippen LogP contribution in [-0.2, 0) is 5.88 Å². The van der Waals surface area contributed by atoms with Gasteiger partial charge in [0.15, 0.2) is 0 Å². The van der Waals surface area contributed by atoms with Crippen LogP contribution in [-0.4, -0.2) is 9.97 Å². The van der Waals surface area contributed by atoms with E-state index in [9.17, 15) is 0 Å². The van der Waals surface area contributed by atoms with Gasteiger partial charge in [-0.25, -0.2) is 0 Å². The Morgan fingerprint density at radius 2 is 2.20 bits per heavy atom. The standard InChI is InChI=1S/C6H7ClN2.ClH/c1-5-3-8-4-6(2-7)9-5;/h3-4H,2H2,1H3;1H. The van der Waals surface area contributed by atoms with Crippen LogP contribution in [0.2, 0.25) is 0 Å². The summed E-state index contributed by atoms with van der Waals surface area (Å²) in [5, 5.41) is 0. The van der Waals surface area contributed by atoms with Gasteiger partial charge < -0.3 is 0 Å². The maximum atomic E-state index is 5.50. The highest BCUT2D eigenvalue weighted by Crippen LogP contribution is 1.97. The Balaban J connectivity index is 0.000000810. The summed E-state index contributed by atoms with van der Waals surface area (Å²) in [5.74, 6) is 0.439. The summed E-state index contributed by atoms with van der Waals surface area (Å²) >= 11 is 5.50. The van der Waals surface area contributed by atoms with Gasteiger partial charge >= 0.3 is 0 Å². The van der Waals surface area contributed by atoms with Crippen molar-refractivity contribution in [2.24, 2.45) is 0 Å². The molecule has 0 atom stereocenters. The van der Waals surface area contributed by atoms with Crippen LogP contribution in [0.3, 0.4) is 0 Å². The zero-order chi connectivity index (χ0) is 6.69. The molecular formula is C6H8Cl2N2. The molecular weight excluding hydrogens is 171 g/mol. The van der Waals surface area contributed by atoms with Gasteiger partial charge in [0.2, 0.25) is 0 Å². The van der Waals surface area contributed by atoms with Crippen LogP contribution in [0.15, 0.2) is 12.4 Å². The number of aryl methyl sites for hydroxylation is 1. The predicted octanol–water partition coefficient (Wildman–Crippen LogP) is 1.95. The summed E-state index contributed by atoms with van der Waals surface area (Å²) in [4.78, 5) is 8.01. The Morgan fingerprint density at radius 3 is 2.60 bits per heavy atom. The van der Waals surface area contributed by atoms with E-state index in [0.717, 1.165) is 11.4 Å². The molecule has 10 heavy (non-hydrogen) atoms. The van der Waals surface area contributed by atoms with Crippen molar-refractivity contribution in [2.75, 3.05) is 0 Å². The van der Waals surface area contributed by atoms with Gasteiger partial charge in [-0.05, 0) is 6.92 Å². The Bertz CT molecular complexity index is 203. The molecule has 0 aromatic carbocycles. The normalized spacial score (nSPS) is 8.60. The molecule has 0 N–H and O–H groups in total. The molecule has 1 heterocycles. The average molecular weight is 179 g/mol. The first-order valence-electron chi connectivity index (χ1n) is 2.66. The molecule has 1 rings (SSSR count). The summed E-state index contributed by atoms with van der Waals surface area (Å²) in [6.07, 6.45) is 3.37. The molecule has 0 unspecified atom stereocenters. The van der Waals surface area contributed by atoms with E-state index in [2.05, 4.69) is 9.97 Å². The Hall–Kier alpha value is -0.340. The minimum atomic E-state index is 0. The third-order valence-corrected chi connectivity index (χ3v) is 1.22. The van der Waals surface area contributed by atoms with Crippen molar-refractivity contribution in [1.29, 1.82) is 0 Å². The van der Waals surface area contributed by atoms with Gasteiger partial charge in [-0.2, -0.15) is 0 Å². The highest BCUT2D eigenvalue weighted by Gasteiger charge is 1.90. The lowest BCUT2D eigenvalue weighted by Gasteiger charge is -1.92. The van der Waals surface area contributed by atoms with E-state index in [-0.39, 0.29) is 12.4 Å². The van der Waals surface area contributed by atoms with E-state index in [1.165, 1.54) is 0 Å². The summed E-state index contributed by atoms with van der Waals surface area (Å²) in [6.45, 7) is 1.89. The van der Waals surface area contributed by atoms with Gasteiger partial charge in [-0.15, -0.1) is 24.0 Å². The first kappa shape index (κ1) is 9.66. The molecule has 0 bridgehead atoms. The third-order valence-electron chi connectivity index (χ3n) is 0.942. The van der Waals surface area contributed by atoms with Gasteiger partial charge in [-0.1, -0.05) is 0 Å². The average Bonchev–Trinajstić information content (AvgIpc) is 1.88. The minimum absolute atomic E-state index is 0. The highest BCUT2D eigenvalue weighted by molar-refractivity contribution is 6.16. The topological polar surface area (TPSA) is 25.8 Å². The van der Waals surface area contributed by atoms with Crippen molar-refractivity contribution in [1.82, 2.24) is 9.97 Å². The van der Waals surface area contributed by atoms with Gasteiger partial charge in [0.1, 0.15) is 0 Å². The van der Waals surface area contributed by atoms with E-state index in [0.29, 0.717) is 5.88 Å². The second kappa shape index (κ2) is 4.47. The first-order chi connectivity index (χ1) is 4.33. The number of aromatic nitrogens is 2. The van der Waals surface area contributed by atoms with Crippen molar-refractivity contribution in [3.8, 4) is 0 Å². The molecule has 0 aliphatic carbocycles. The van der Waals surface area contributed by atoms with Gasteiger partial charge in [-0.3, -0.25) is 9.97 Å². The number of hydrogen-bond donors (Lipinski definition) is 0. The lowest BCUT2D eigenvalue weighted by molar-refractivity contribution is 1.04. The summed E-state index contributed by atoms with van der Waals surface area (Å²) in [5.41, 5.74) is 1.74. The van der Waals surface area contributed by atoms with E-state index in [1.54, 1.807) is 12.4 Å². The second-order valence-corrected chi connectivity index (χ2v) is 2.05. The van der Waals surface area contributed by atoms with Crippen LogP contribution in [0.25, 0.3) is 0 Å². The number of alkyl halides is 1. The number of nitrogens with zero attached hydrogens (tertiary/aromatic N) is 2. The molecule has 0 spiro atoms. The fourth-order valence-electron chi connectivity index (χ4n) is 0.580. The van der Waals surface area contributed by atoms with Crippen LogP contribution in [0.1, 0.15) is 11.4 Å². The largest absolute Gasteiger partial charge is 0.261 e. The molecule has 0 amide bonds. The Kier molecular flexibility index (Phi) is 4.32. The SMILES string of the molecule is Cc1cncc(CCl)n1.Cl. The van der Waals surface area contributed by atoms with E-state index in [1.807, 2.05) is 6.92 Å². The molecule has 1 aromatic rings. The van der Waals surface area contributed by atoms with Crippen LogP contribution in [0.4, 0.5) is 0 Å². The summed E-state index contributed by atoms with van der Waals surface area (Å²) in [6, 6.07) is 0. The maximum absolute atomic E-state index is 5.50. The fraction of sp³-hybridized carbons (Fsp3) is 0.333. The monoisotopic (exact) mass is 178 g/mol. The predicted molar refractivity (Wildman–Crippen MR) is 43.6 cm³/mol. The van der Waals surface area contributed by atoms with Crippen molar-refractivity contribution in [3.05, 3.63) is 23.8 Å². The first-order valence-corrected chi connectivity index (χ1v) is 3.20. The second-order valence-electron chi connectivity index (χ2n) is 1.79. The maximum Gasteiger partial charge on any atom is 0.0737 e. The number of rotatable bonds is 1.